The molecule has 2 aliphatic heterocycles. The van der Waals surface area contributed by atoms with Crippen molar-refractivity contribution in [2.45, 2.75) is 77.8 Å². The summed E-state index contributed by atoms with van der Waals surface area (Å²) in [6.07, 6.45) is 0. The molecule has 2 heterocycles. The van der Waals surface area contributed by atoms with Gasteiger partial charge in [0.15, 0.2) is 0 Å². The van der Waals surface area contributed by atoms with Crippen molar-refractivity contribution in [3.8, 4) is 0 Å². The van der Waals surface area contributed by atoms with Gasteiger partial charge in [0, 0.05) is 0 Å². The summed E-state index contributed by atoms with van der Waals surface area (Å²) >= 11 is 0. The number of rotatable bonds is 2. The maximum atomic E-state index is 6.51. The van der Waals surface area contributed by atoms with Crippen LogP contribution < -0.4 is 10.9 Å². The quantitative estimate of drug-likeness (QED) is 0.441. The lowest BCUT2D eigenvalue weighted by Gasteiger charge is -2.32. The molecular formula is C26H32B2O4. The highest BCUT2D eigenvalue weighted by Crippen LogP contribution is 2.40. The van der Waals surface area contributed by atoms with Gasteiger partial charge in [0.25, 0.3) is 0 Å². The van der Waals surface area contributed by atoms with Crippen LogP contribution in [-0.4, -0.2) is 36.6 Å². The van der Waals surface area contributed by atoms with E-state index in [0.29, 0.717) is 0 Å². The van der Waals surface area contributed by atoms with Crippen LogP contribution >= 0.6 is 0 Å². The maximum Gasteiger partial charge on any atom is 0.496 e. The number of hydrogen-bond acceptors (Lipinski definition) is 4. The molecule has 0 spiro atoms. The normalized spacial score (nSPS) is 23.4. The molecule has 0 atom stereocenters. The van der Waals surface area contributed by atoms with Crippen LogP contribution in [0.25, 0.3) is 21.5 Å². The Kier molecular flexibility index (Phi) is 4.69. The molecule has 4 nitrogen and oxygen atoms in total. The Balaban J connectivity index is 1.78. The van der Waals surface area contributed by atoms with E-state index >= 15 is 0 Å². The van der Waals surface area contributed by atoms with Crippen LogP contribution in [0.1, 0.15) is 55.4 Å². The van der Waals surface area contributed by atoms with E-state index in [9.17, 15) is 0 Å². The van der Waals surface area contributed by atoms with Crippen LogP contribution in [0.5, 0.6) is 0 Å². The first-order valence-corrected chi connectivity index (χ1v) is 11.5. The second-order valence-electron chi connectivity index (χ2n) is 11.1. The van der Waals surface area contributed by atoms with Gasteiger partial charge in [0.05, 0.1) is 22.4 Å². The minimum atomic E-state index is -0.456. The molecule has 0 amide bonds. The van der Waals surface area contributed by atoms with Crippen LogP contribution in [0.2, 0.25) is 0 Å². The lowest BCUT2D eigenvalue weighted by molar-refractivity contribution is 0.00578. The summed E-state index contributed by atoms with van der Waals surface area (Å²) in [6, 6.07) is 16.9. The fourth-order valence-electron chi connectivity index (χ4n) is 4.63. The molecule has 166 valence electrons. The Labute approximate surface area is 191 Å². The van der Waals surface area contributed by atoms with Gasteiger partial charge in [-0.15, -0.1) is 0 Å². The molecule has 0 unspecified atom stereocenters. The average molecular weight is 430 g/mol. The van der Waals surface area contributed by atoms with E-state index in [-0.39, 0.29) is 0 Å². The van der Waals surface area contributed by atoms with Gasteiger partial charge < -0.3 is 18.6 Å². The Morgan fingerprint density at radius 3 is 0.875 bits per heavy atom. The summed E-state index contributed by atoms with van der Waals surface area (Å²) in [4.78, 5) is 0. The van der Waals surface area contributed by atoms with Crippen molar-refractivity contribution >= 4 is 46.7 Å². The lowest BCUT2D eigenvalue weighted by Crippen LogP contribution is -2.41. The van der Waals surface area contributed by atoms with Crippen molar-refractivity contribution in [3.05, 3.63) is 48.5 Å². The van der Waals surface area contributed by atoms with E-state index in [1.165, 1.54) is 0 Å². The van der Waals surface area contributed by atoms with Gasteiger partial charge in [0.1, 0.15) is 0 Å². The zero-order valence-corrected chi connectivity index (χ0v) is 20.4. The van der Waals surface area contributed by atoms with Crippen LogP contribution in [0.4, 0.5) is 0 Å². The van der Waals surface area contributed by atoms with E-state index in [4.69, 9.17) is 18.6 Å². The van der Waals surface area contributed by atoms with Crippen molar-refractivity contribution in [2.75, 3.05) is 0 Å². The fraction of sp³-hybridized carbons (Fsp3) is 0.462. The lowest BCUT2D eigenvalue weighted by atomic mass is 9.66. The van der Waals surface area contributed by atoms with Crippen LogP contribution in [0.3, 0.4) is 0 Å². The third-order valence-corrected chi connectivity index (χ3v) is 7.99. The topological polar surface area (TPSA) is 36.9 Å². The smallest absolute Gasteiger partial charge is 0.399 e. The zero-order chi connectivity index (χ0) is 23.1. The van der Waals surface area contributed by atoms with Gasteiger partial charge in [0.2, 0.25) is 0 Å². The van der Waals surface area contributed by atoms with E-state index in [2.05, 4.69) is 104 Å². The first-order chi connectivity index (χ1) is 14.8. The van der Waals surface area contributed by atoms with Crippen molar-refractivity contribution in [2.24, 2.45) is 0 Å². The number of fused-ring (bicyclic) bond motifs is 2. The number of hydrogen-bond donors (Lipinski definition) is 0. The van der Waals surface area contributed by atoms with Gasteiger partial charge in [-0.1, -0.05) is 48.5 Å². The highest BCUT2D eigenvalue weighted by Gasteiger charge is 2.54. The molecule has 2 aliphatic rings. The molecule has 3 aromatic carbocycles. The van der Waals surface area contributed by atoms with Gasteiger partial charge in [-0.25, -0.2) is 0 Å². The molecule has 5 rings (SSSR count). The summed E-state index contributed by atoms with van der Waals surface area (Å²) in [6.45, 7) is 16.7. The molecule has 0 radical (unpaired) electrons. The molecule has 3 aromatic rings. The van der Waals surface area contributed by atoms with Crippen molar-refractivity contribution < 1.29 is 18.6 Å². The minimum absolute atomic E-state index is 0.412. The monoisotopic (exact) mass is 430 g/mol. The van der Waals surface area contributed by atoms with E-state index in [1.807, 2.05) is 0 Å². The second kappa shape index (κ2) is 6.83. The molecule has 0 saturated carbocycles. The highest BCUT2D eigenvalue weighted by molar-refractivity contribution is 6.73. The summed E-state index contributed by atoms with van der Waals surface area (Å²) in [7, 11) is -0.913. The van der Waals surface area contributed by atoms with Crippen LogP contribution in [0, 0.1) is 0 Å². The standard InChI is InChI=1S/C26H32B2O4/c1-23(2)24(3,4)30-27(29-23)21-17-13-9-11-15-19(17)22(20-16-12-10-14-18(20)21)28-31-25(5,6)26(7,8)32-28/h9-16H,1-8H3. The first kappa shape index (κ1) is 22.0. The zero-order valence-electron chi connectivity index (χ0n) is 20.4. The summed E-state index contributed by atoms with van der Waals surface area (Å²) in [5, 5.41) is 4.42. The minimum Gasteiger partial charge on any atom is -0.399 e. The highest BCUT2D eigenvalue weighted by atomic mass is 16.7. The van der Waals surface area contributed by atoms with Gasteiger partial charge >= 0.3 is 14.2 Å². The molecule has 2 fully saturated rings. The SMILES string of the molecule is CC1(C)OB(c2c3ccccc3c(B3OC(C)(C)C(C)(C)O3)c3ccccc23)OC1(C)C. The van der Waals surface area contributed by atoms with Crippen molar-refractivity contribution in [1.82, 2.24) is 0 Å². The van der Waals surface area contributed by atoms with E-state index in [0.717, 1.165) is 32.5 Å². The van der Waals surface area contributed by atoms with Gasteiger partial charge in [-0.2, -0.15) is 0 Å². The average Bonchev–Trinajstić information content (AvgIpc) is 3.04. The Morgan fingerprint density at radius 2 is 0.656 bits per heavy atom. The predicted molar refractivity (Wildman–Crippen MR) is 133 cm³/mol. The molecule has 0 aromatic heterocycles. The molecule has 32 heavy (non-hydrogen) atoms. The predicted octanol–water partition coefficient (Wildman–Crippen LogP) is 4.59. The van der Waals surface area contributed by atoms with Crippen molar-refractivity contribution in [3.63, 3.8) is 0 Å². The van der Waals surface area contributed by atoms with Crippen molar-refractivity contribution in [1.29, 1.82) is 0 Å². The largest absolute Gasteiger partial charge is 0.496 e. The third kappa shape index (κ3) is 3.07. The summed E-state index contributed by atoms with van der Waals surface area (Å²) < 4.78 is 26.1. The molecule has 6 heteroatoms. The molecule has 2 saturated heterocycles. The Hall–Kier alpha value is -1.85. The maximum absolute atomic E-state index is 6.51. The second-order valence-corrected chi connectivity index (χ2v) is 11.1. The summed E-state index contributed by atoms with van der Waals surface area (Å²) in [5.41, 5.74) is 0.480. The third-order valence-electron chi connectivity index (χ3n) is 7.99. The fourth-order valence-corrected chi connectivity index (χ4v) is 4.63. The van der Waals surface area contributed by atoms with Gasteiger partial charge in [-0.3, -0.25) is 0 Å². The first-order valence-electron chi connectivity index (χ1n) is 11.5. The van der Waals surface area contributed by atoms with E-state index < -0.39 is 36.6 Å². The number of benzene rings is 3. The molecule has 0 N–H and O–H groups in total. The summed E-state index contributed by atoms with van der Waals surface area (Å²) in [5.74, 6) is 0. The Bertz CT molecular complexity index is 1030. The van der Waals surface area contributed by atoms with E-state index in [1.54, 1.807) is 0 Å². The van der Waals surface area contributed by atoms with Crippen LogP contribution in [-0.2, 0) is 18.6 Å². The molecule has 0 aliphatic carbocycles. The molecule has 0 bridgehead atoms. The van der Waals surface area contributed by atoms with Crippen LogP contribution in [0.15, 0.2) is 48.5 Å². The molecular weight excluding hydrogens is 398 g/mol. The van der Waals surface area contributed by atoms with Gasteiger partial charge in [-0.05, 0) is 87.9 Å². The Morgan fingerprint density at radius 1 is 0.438 bits per heavy atom.